The van der Waals surface area contributed by atoms with Crippen LogP contribution in [0.2, 0.25) is 0 Å². The van der Waals surface area contributed by atoms with Crippen molar-refractivity contribution in [3.8, 4) is 0 Å². The van der Waals surface area contributed by atoms with Gasteiger partial charge in [-0.15, -0.1) is 0 Å². The molecular formula is C64H124O17P2. The number of unbranched alkanes of at least 4 members (excludes halogenated alkanes) is 26. The third-order valence-corrected chi connectivity index (χ3v) is 16.8. The zero-order valence-corrected chi connectivity index (χ0v) is 55.6. The Hall–Kier alpha value is -1.94. The van der Waals surface area contributed by atoms with E-state index in [0.29, 0.717) is 31.6 Å². The minimum Gasteiger partial charge on any atom is -0.462 e. The highest BCUT2D eigenvalue weighted by molar-refractivity contribution is 7.47. The molecule has 0 radical (unpaired) electrons. The van der Waals surface area contributed by atoms with E-state index in [2.05, 4.69) is 55.4 Å². The Balaban J connectivity index is 5.26. The van der Waals surface area contributed by atoms with Crippen LogP contribution < -0.4 is 0 Å². The van der Waals surface area contributed by atoms with E-state index in [0.717, 1.165) is 114 Å². The van der Waals surface area contributed by atoms with Crippen LogP contribution in [0.5, 0.6) is 0 Å². The van der Waals surface area contributed by atoms with Crippen molar-refractivity contribution in [3.05, 3.63) is 0 Å². The van der Waals surface area contributed by atoms with E-state index in [-0.39, 0.29) is 25.7 Å². The Kier molecular flexibility index (Phi) is 53.0. The van der Waals surface area contributed by atoms with Crippen LogP contribution in [0.1, 0.15) is 306 Å². The predicted octanol–water partition coefficient (Wildman–Crippen LogP) is 17.4. The lowest BCUT2D eigenvalue weighted by Crippen LogP contribution is -2.30. The molecule has 17 nitrogen and oxygen atoms in total. The maximum atomic E-state index is 13.0. The summed E-state index contributed by atoms with van der Waals surface area (Å²) in [6.07, 6.45) is 33.7. The largest absolute Gasteiger partial charge is 0.472 e. The van der Waals surface area contributed by atoms with E-state index < -0.39 is 97.5 Å². The molecule has 3 N–H and O–H groups in total. The third-order valence-electron chi connectivity index (χ3n) is 14.9. The number of phosphoric acid groups is 2. The number of rotatable bonds is 61. The van der Waals surface area contributed by atoms with Crippen molar-refractivity contribution >= 4 is 39.5 Å². The average molecular weight is 1230 g/mol. The van der Waals surface area contributed by atoms with E-state index >= 15 is 0 Å². The van der Waals surface area contributed by atoms with Crippen LogP contribution in [-0.2, 0) is 65.4 Å². The summed E-state index contributed by atoms with van der Waals surface area (Å²) in [6, 6.07) is 0. The molecule has 0 aliphatic heterocycles. The number of aliphatic hydroxyl groups excluding tert-OH is 1. The molecule has 0 aliphatic rings. The molecule has 19 heteroatoms. The quantitative estimate of drug-likeness (QED) is 0.0222. The van der Waals surface area contributed by atoms with Crippen LogP contribution in [0, 0.1) is 23.7 Å². The van der Waals surface area contributed by atoms with Crippen molar-refractivity contribution in [1.82, 2.24) is 0 Å². The fourth-order valence-corrected chi connectivity index (χ4v) is 11.0. The lowest BCUT2D eigenvalue weighted by Gasteiger charge is -2.21. The highest BCUT2D eigenvalue weighted by Gasteiger charge is 2.30. The molecule has 0 fully saturated rings. The molecule has 0 bridgehead atoms. The molecule has 6 atom stereocenters. The van der Waals surface area contributed by atoms with Crippen LogP contribution >= 0.6 is 15.6 Å². The van der Waals surface area contributed by atoms with Crippen molar-refractivity contribution < 1.29 is 80.2 Å². The van der Waals surface area contributed by atoms with E-state index in [9.17, 15) is 43.2 Å². The average Bonchev–Trinajstić information content (AvgIpc) is 3.43. The van der Waals surface area contributed by atoms with Gasteiger partial charge in [0.05, 0.1) is 26.4 Å². The Labute approximate surface area is 505 Å². The Morgan fingerprint density at radius 3 is 0.855 bits per heavy atom. The van der Waals surface area contributed by atoms with Crippen LogP contribution in [0.15, 0.2) is 0 Å². The zero-order valence-electron chi connectivity index (χ0n) is 53.8. The lowest BCUT2D eigenvalue weighted by atomic mass is 10.00. The molecule has 0 heterocycles. The summed E-state index contributed by atoms with van der Waals surface area (Å²) in [5, 5.41) is 10.5. The first-order valence-corrected chi connectivity index (χ1v) is 36.2. The van der Waals surface area contributed by atoms with E-state index in [1.54, 1.807) is 0 Å². The van der Waals surface area contributed by atoms with Gasteiger partial charge in [0.2, 0.25) is 0 Å². The summed E-state index contributed by atoms with van der Waals surface area (Å²) in [5.41, 5.74) is 0. The van der Waals surface area contributed by atoms with Gasteiger partial charge in [0.1, 0.15) is 19.3 Å². The second-order valence-corrected chi connectivity index (χ2v) is 27.7. The first-order chi connectivity index (χ1) is 39.6. The molecule has 0 saturated carbocycles. The summed E-state index contributed by atoms with van der Waals surface area (Å²) in [7, 11) is -9.89. The van der Waals surface area contributed by atoms with E-state index in [4.69, 9.17) is 37.0 Å². The molecule has 0 aliphatic carbocycles. The van der Waals surface area contributed by atoms with Gasteiger partial charge in [0, 0.05) is 25.7 Å². The van der Waals surface area contributed by atoms with Gasteiger partial charge in [-0.2, -0.15) is 0 Å². The fraction of sp³-hybridized carbons (Fsp3) is 0.938. The van der Waals surface area contributed by atoms with Gasteiger partial charge < -0.3 is 33.8 Å². The zero-order chi connectivity index (χ0) is 61.8. The van der Waals surface area contributed by atoms with Crippen molar-refractivity contribution in [2.45, 2.75) is 324 Å². The normalized spacial score (nSPS) is 14.8. The summed E-state index contributed by atoms with van der Waals surface area (Å²) >= 11 is 0. The molecule has 0 spiro atoms. The van der Waals surface area contributed by atoms with Crippen molar-refractivity contribution in [2.75, 3.05) is 39.6 Å². The standard InChI is InChI=1S/C64H124O17P2/c1-9-57(8)43-35-27-21-23-31-39-47-64(69)81-60(51-75-62(67)45-37-29-22-20-26-34-42-56(6)7)53-79-83(72,73)77-49-58(65)48-76-82(70,71)78-52-59(50-74-61(66)44-36-28-18-15-14-17-25-33-41-55(4)5)80-63(68)46-38-30-19-13-11-10-12-16-24-32-40-54(2)3/h54-60,65H,9-53H2,1-8H3,(H,70,71)(H,72,73)/t57?,58?,59-,60-/m1/s1. The number of carbonyl (C=O) groups excluding carboxylic acids is 4. The molecule has 0 saturated heterocycles. The third kappa shape index (κ3) is 57.6. The number of esters is 4. The van der Waals surface area contributed by atoms with Gasteiger partial charge >= 0.3 is 39.5 Å². The van der Waals surface area contributed by atoms with Crippen LogP contribution in [0.25, 0.3) is 0 Å². The monoisotopic (exact) mass is 1230 g/mol. The fourth-order valence-electron chi connectivity index (χ4n) is 9.40. The van der Waals surface area contributed by atoms with Crippen molar-refractivity contribution in [1.29, 1.82) is 0 Å². The maximum absolute atomic E-state index is 13.0. The summed E-state index contributed by atoms with van der Waals surface area (Å²) < 4.78 is 68.0. The second kappa shape index (κ2) is 54.2. The van der Waals surface area contributed by atoms with Crippen LogP contribution in [0.4, 0.5) is 0 Å². The number of aliphatic hydroxyl groups is 1. The molecule has 83 heavy (non-hydrogen) atoms. The number of ether oxygens (including phenoxy) is 4. The number of carbonyl (C=O) groups is 4. The van der Waals surface area contributed by atoms with Gasteiger partial charge in [-0.3, -0.25) is 37.3 Å². The van der Waals surface area contributed by atoms with Gasteiger partial charge in [-0.05, 0) is 49.4 Å². The maximum Gasteiger partial charge on any atom is 0.472 e. The minimum absolute atomic E-state index is 0.101. The van der Waals surface area contributed by atoms with Gasteiger partial charge in [0.15, 0.2) is 12.2 Å². The van der Waals surface area contributed by atoms with Crippen LogP contribution in [-0.4, -0.2) is 96.7 Å². The van der Waals surface area contributed by atoms with Crippen LogP contribution in [0.3, 0.4) is 0 Å². The molecular weight excluding hydrogens is 1100 g/mol. The molecule has 0 amide bonds. The number of phosphoric ester groups is 2. The molecule has 0 aromatic carbocycles. The Bertz CT molecular complexity index is 1660. The number of hydrogen-bond acceptors (Lipinski definition) is 15. The highest BCUT2D eigenvalue weighted by Crippen LogP contribution is 2.45. The second-order valence-electron chi connectivity index (χ2n) is 24.8. The molecule has 0 rings (SSSR count). The lowest BCUT2D eigenvalue weighted by molar-refractivity contribution is -0.161. The van der Waals surface area contributed by atoms with E-state index in [1.165, 1.54) is 103 Å². The van der Waals surface area contributed by atoms with Gasteiger partial charge in [0.25, 0.3) is 0 Å². The molecule has 4 unspecified atom stereocenters. The van der Waals surface area contributed by atoms with E-state index in [1.807, 2.05) is 0 Å². The van der Waals surface area contributed by atoms with Crippen molar-refractivity contribution in [3.63, 3.8) is 0 Å². The minimum atomic E-state index is -4.95. The topological polar surface area (TPSA) is 237 Å². The smallest absolute Gasteiger partial charge is 0.462 e. The first kappa shape index (κ1) is 81.1. The summed E-state index contributed by atoms with van der Waals surface area (Å²) in [4.78, 5) is 72.2. The first-order valence-electron chi connectivity index (χ1n) is 33.2. The van der Waals surface area contributed by atoms with Gasteiger partial charge in [-0.25, -0.2) is 9.13 Å². The van der Waals surface area contributed by atoms with Crippen molar-refractivity contribution in [2.24, 2.45) is 23.7 Å². The molecule has 492 valence electrons. The SMILES string of the molecule is CCC(C)CCCCCCCCC(=O)O[C@H](COC(=O)CCCCCCCCC(C)C)COP(=O)(O)OCC(O)COP(=O)(O)OC[C@@H](COC(=O)CCCCCCCCCCC(C)C)OC(=O)CCCCCCCCCCCCC(C)C. The Morgan fingerprint density at radius 1 is 0.337 bits per heavy atom. The number of hydrogen-bond donors (Lipinski definition) is 3. The Morgan fingerprint density at radius 2 is 0.578 bits per heavy atom. The predicted molar refractivity (Wildman–Crippen MR) is 331 cm³/mol. The highest BCUT2D eigenvalue weighted by atomic mass is 31.2. The summed E-state index contributed by atoms with van der Waals surface area (Å²) in [6.45, 7) is 13.9. The summed E-state index contributed by atoms with van der Waals surface area (Å²) in [5.74, 6) is 0.735. The molecule has 0 aromatic heterocycles. The molecule has 0 aromatic rings. The van der Waals surface area contributed by atoms with Gasteiger partial charge in [-0.1, -0.05) is 254 Å².